The molecule has 1 aromatic rings. The number of amides is 1. The molecule has 1 unspecified atom stereocenters. The Labute approximate surface area is 140 Å². The van der Waals surface area contributed by atoms with Crippen LogP contribution in [0.5, 0.6) is 0 Å². The molecule has 0 spiro atoms. The van der Waals surface area contributed by atoms with E-state index in [1.54, 1.807) is 0 Å². The topological polar surface area (TPSA) is 55.1 Å². The van der Waals surface area contributed by atoms with Gasteiger partial charge in [0.25, 0.3) is 0 Å². The van der Waals surface area contributed by atoms with Crippen LogP contribution < -0.4 is 11.1 Å². The van der Waals surface area contributed by atoms with Crippen LogP contribution in [0.2, 0.25) is 0 Å². The van der Waals surface area contributed by atoms with Gasteiger partial charge in [0.15, 0.2) is 0 Å². The molecule has 1 fully saturated rings. The summed E-state index contributed by atoms with van der Waals surface area (Å²) < 4.78 is 0. The summed E-state index contributed by atoms with van der Waals surface area (Å²) >= 11 is 0. The van der Waals surface area contributed by atoms with Crippen molar-refractivity contribution in [1.82, 2.24) is 5.32 Å². The van der Waals surface area contributed by atoms with Gasteiger partial charge in [0.1, 0.15) is 0 Å². The zero-order valence-electron chi connectivity index (χ0n) is 13.7. The molecule has 3 N–H and O–H groups in total. The highest BCUT2D eigenvalue weighted by Gasteiger charge is 2.33. The first kappa shape index (κ1) is 19.0. The molecule has 0 aromatic heterocycles. The molecular weight excluding hydrogens is 296 g/mol. The Morgan fingerprint density at radius 1 is 1.27 bits per heavy atom. The summed E-state index contributed by atoms with van der Waals surface area (Å²) in [6, 6.07) is 8.60. The standard InChI is InChI=1S/C18H28N2O.ClH/c1-3-15-6-8-16(9-7-15)14(2)12-17(21)20-18(13-19)10-4-5-11-18;/h6-9,14H,3-5,10-13,19H2,1-2H3,(H,20,21);1H. The zero-order chi connectivity index (χ0) is 15.3. The van der Waals surface area contributed by atoms with Gasteiger partial charge in [-0.25, -0.2) is 0 Å². The molecule has 0 radical (unpaired) electrons. The minimum absolute atomic E-state index is 0. The number of benzene rings is 1. The molecule has 0 saturated heterocycles. The van der Waals surface area contributed by atoms with Crippen LogP contribution in [0.4, 0.5) is 0 Å². The number of nitrogens with one attached hydrogen (secondary N) is 1. The number of hydrogen-bond acceptors (Lipinski definition) is 2. The second-order valence-electron chi connectivity index (χ2n) is 6.44. The van der Waals surface area contributed by atoms with E-state index in [0.717, 1.165) is 19.3 Å². The number of nitrogens with two attached hydrogens (primary N) is 1. The average molecular weight is 325 g/mol. The molecule has 2 rings (SSSR count). The Hall–Kier alpha value is -1.06. The molecule has 1 aromatic carbocycles. The SMILES string of the molecule is CCc1ccc(C(C)CC(=O)NC2(CN)CCCC2)cc1.Cl. The van der Waals surface area contributed by atoms with Crippen molar-refractivity contribution in [2.75, 3.05) is 6.54 Å². The van der Waals surface area contributed by atoms with E-state index in [2.05, 4.69) is 43.4 Å². The molecule has 0 bridgehead atoms. The number of aryl methyl sites for hydroxylation is 1. The van der Waals surface area contributed by atoms with Gasteiger partial charge in [-0.15, -0.1) is 12.4 Å². The van der Waals surface area contributed by atoms with E-state index >= 15 is 0 Å². The fourth-order valence-electron chi connectivity index (χ4n) is 3.26. The Morgan fingerprint density at radius 2 is 1.86 bits per heavy atom. The molecule has 22 heavy (non-hydrogen) atoms. The van der Waals surface area contributed by atoms with E-state index in [1.165, 1.54) is 24.0 Å². The Bertz CT molecular complexity index is 466. The van der Waals surface area contributed by atoms with Crippen LogP contribution in [0.3, 0.4) is 0 Å². The van der Waals surface area contributed by atoms with E-state index < -0.39 is 0 Å². The van der Waals surface area contributed by atoms with Crippen LogP contribution in [0, 0.1) is 0 Å². The number of carbonyl (C=O) groups excluding carboxylic acids is 1. The van der Waals surface area contributed by atoms with Crippen LogP contribution in [0.25, 0.3) is 0 Å². The lowest BCUT2D eigenvalue weighted by Crippen LogP contribution is -2.51. The number of rotatable bonds is 6. The fourth-order valence-corrected chi connectivity index (χ4v) is 3.26. The van der Waals surface area contributed by atoms with Gasteiger partial charge < -0.3 is 11.1 Å². The minimum Gasteiger partial charge on any atom is -0.349 e. The molecular formula is C18H29ClN2O. The summed E-state index contributed by atoms with van der Waals surface area (Å²) in [6.45, 7) is 4.82. The second-order valence-corrected chi connectivity index (χ2v) is 6.44. The lowest BCUT2D eigenvalue weighted by atomic mass is 9.94. The molecule has 0 aliphatic heterocycles. The largest absolute Gasteiger partial charge is 0.349 e. The molecule has 124 valence electrons. The van der Waals surface area contributed by atoms with Crippen molar-refractivity contribution in [2.45, 2.75) is 63.8 Å². The smallest absolute Gasteiger partial charge is 0.221 e. The maximum atomic E-state index is 12.3. The second kappa shape index (κ2) is 8.54. The van der Waals surface area contributed by atoms with Crippen LogP contribution in [0.15, 0.2) is 24.3 Å². The first-order valence-corrected chi connectivity index (χ1v) is 8.18. The van der Waals surface area contributed by atoms with Crippen molar-refractivity contribution in [3.63, 3.8) is 0 Å². The molecule has 0 heterocycles. The lowest BCUT2D eigenvalue weighted by Gasteiger charge is -2.29. The van der Waals surface area contributed by atoms with Crippen molar-refractivity contribution in [1.29, 1.82) is 0 Å². The number of carbonyl (C=O) groups is 1. The third-order valence-electron chi connectivity index (χ3n) is 4.80. The highest BCUT2D eigenvalue weighted by molar-refractivity contribution is 5.85. The van der Waals surface area contributed by atoms with Gasteiger partial charge in [0.05, 0.1) is 5.54 Å². The van der Waals surface area contributed by atoms with Crippen molar-refractivity contribution in [3.8, 4) is 0 Å². The Kier molecular flexibility index (Phi) is 7.37. The van der Waals surface area contributed by atoms with Crippen LogP contribution in [-0.2, 0) is 11.2 Å². The summed E-state index contributed by atoms with van der Waals surface area (Å²) in [5.74, 6) is 0.376. The maximum Gasteiger partial charge on any atom is 0.221 e. The highest BCUT2D eigenvalue weighted by atomic mass is 35.5. The van der Waals surface area contributed by atoms with Crippen LogP contribution in [-0.4, -0.2) is 18.0 Å². The number of halogens is 1. The van der Waals surface area contributed by atoms with Gasteiger partial charge >= 0.3 is 0 Å². The van der Waals surface area contributed by atoms with Crippen molar-refractivity contribution >= 4 is 18.3 Å². The van der Waals surface area contributed by atoms with E-state index in [0.29, 0.717) is 13.0 Å². The van der Waals surface area contributed by atoms with Crippen LogP contribution >= 0.6 is 12.4 Å². The van der Waals surface area contributed by atoms with Gasteiger partial charge in [0, 0.05) is 13.0 Å². The maximum absolute atomic E-state index is 12.3. The summed E-state index contributed by atoms with van der Waals surface area (Å²) in [7, 11) is 0. The van der Waals surface area contributed by atoms with Crippen LogP contribution in [0.1, 0.15) is 63.0 Å². The third-order valence-corrected chi connectivity index (χ3v) is 4.80. The van der Waals surface area contributed by atoms with Gasteiger partial charge in [0.2, 0.25) is 5.91 Å². The quantitative estimate of drug-likeness (QED) is 0.840. The highest BCUT2D eigenvalue weighted by Crippen LogP contribution is 2.29. The van der Waals surface area contributed by atoms with Gasteiger partial charge in [-0.3, -0.25) is 4.79 Å². The van der Waals surface area contributed by atoms with E-state index in [9.17, 15) is 4.79 Å². The molecule has 1 saturated carbocycles. The van der Waals surface area contributed by atoms with Crippen molar-refractivity contribution in [2.24, 2.45) is 5.73 Å². The Balaban J connectivity index is 0.00000242. The third kappa shape index (κ3) is 4.72. The summed E-state index contributed by atoms with van der Waals surface area (Å²) in [4.78, 5) is 12.3. The normalized spacial score (nSPS) is 17.6. The predicted octanol–water partition coefficient (Wildman–Crippen LogP) is 3.55. The molecule has 4 heteroatoms. The molecule has 1 amide bonds. The predicted molar refractivity (Wildman–Crippen MR) is 94.5 cm³/mol. The number of hydrogen-bond donors (Lipinski definition) is 2. The Morgan fingerprint density at radius 3 is 2.36 bits per heavy atom. The first-order chi connectivity index (χ1) is 10.1. The van der Waals surface area contributed by atoms with Gasteiger partial charge in [-0.1, -0.05) is 51.0 Å². The monoisotopic (exact) mass is 324 g/mol. The fraction of sp³-hybridized carbons (Fsp3) is 0.611. The van der Waals surface area contributed by atoms with Crippen molar-refractivity contribution < 1.29 is 4.79 Å². The zero-order valence-corrected chi connectivity index (χ0v) is 14.5. The molecule has 1 aliphatic rings. The summed E-state index contributed by atoms with van der Waals surface area (Å²) in [5.41, 5.74) is 8.31. The minimum atomic E-state index is -0.136. The first-order valence-electron chi connectivity index (χ1n) is 8.18. The molecule has 1 aliphatic carbocycles. The summed E-state index contributed by atoms with van der Waals surface area (Å²) in [5, 5.41) is 3.20. The van der Waals surface area contributed by atoms with E-state index in [1.807, 2.05) is 0 Å². The van der Waals surface area contributed by atoms with E-state index in [-0.39, 0.29) is 29.8 Å². The molecule has 3 nitrogen and oxygen atoms in total. The van der Waals surface area contributed by atoms with E-state index in [4.69, 9.17) is 5.73 Å². The average Bonchev–Trinajstić information content (AvgIpc) is 2.96. The summed E-state index contributed by atoms with van der Waals surface area (Å²) in [6.07, 6.45) is 5.97. The molecule has 1 atom stereocenters. The van der Waals surface area contributed by atoms with Gasteiger partial charge in [-0.05, 0) is 36.3 Å². The van der Waals surface area contributed by atoms with Gasteiger partial charge in [-0.2, -0.15) is 0 Å². The van der Waals surface area contributed by atoms with Crippen molar-refractivity contribution in [3.05, 3.63) is 35.4 Å². The lowest BCUT2D eigenvalue weighted by molar-refractivity contribution is -0.123.